The first kappa shape index (κ1) is 74.5. The topological polar surface area (TPSA) is 530 Å². The minimum atomic E-state index is -2.35. The van der Waals surface area contributed by atoms with Gasteiger partial charge in [0.1, 0.15) is 89.5 Å². The van der Waals surface area contributed by atoms with Crippen molar-refractivity contribution in [1.29, 1.82) is 0 Å². The lowest BCUT2D eigenvalue weighted by Crippen LogP contribution is -2.64. The molecule has 0 aliphatic carbocycles. The summed E-state index contributed by atoms with van der Waals surface area (Å²) in [4.78, 5) is 117. The highest BCUT2D eigenvalue weighted by molar-refractivity contribution is 6.32. The molecule has 7 aliphatic heterocycles. The van der Waals surface area contributed by atoms with Crippen molar-refractivity contribution in [3.05, 3.63) is 117 Å². The molecule has 5 aromatic rings. The number of halogens is 2. The minimum absolute atomic E-state index is 0.0975. The Morgan fingerprint density at radius 1 is 0.713 bits per heavy atom. The number of amides is 7. The number of aliphatic hydroxyl groups excluding tert-OH is 6. The van der Waals surface area contributed by atoms with Gasteiger partial charge in [-0.25, -0.2) is 4.79 Å². The highest BCUT2D eigenvalue weighted by Gasteiger charge is 2.51. The van der Waals surface area contributed by atoms with E-state index >= 15 is 14.4 Å². The smallest absolute Gasteiger partial charge is 0.330 e. The maximum Gasteiger partial charge on any atom is 0.330 e. The normalized spacial score (nSPS) is 29.4. The Hall–Kier alpha value is -9.20. The number of rotatable bonds is 13. The number of nitrogens with one attached hydrogen (secondary N) is 7. The van der Waals surface area contributed by atoms with Gasteiger partial charge in [0.05, 0.1) is 41.3 Å². The number of phenols is 3. The van der Waals surface area contributed by atoms with E-state index in [0.717, 1.165) is 66.7 Å². The molecule has 11 bridgehead atoms. The lowest BCUT2D eigenvalue weighted by molar-refractivity contribution is -0.333. The summed E-state index contributed by atoms with van der Waals surface area (Å²) in [5.74, 6) is -16.0. The van der Waals surface area contributed by atoms with Crippen molar-refractivity contribution in [1.82, 2.24) is 37.2 Å². The standard InChI is InChI=1S/C66H75Cl2N9O24/c1-23(2)12-34(71-5)58(88)76-49-51(83)26-7-10-38(32(67)14-26)97-40-16-28-17-41(55(40)101-65-56(54(86)53(85)42(22-78)99-65)100-44-21-66(4,70)57(87)24(3)96-44)98-39-11-8-27(15-33(39)68)52(84)50-63(93)75-48(64(94)95)31-18-29(79)19-37(81)45(31)30-13-25(6-9-36(30)80)46(60(90)77-50)74-61(91)47(28)73-59(89)35(20-43(69)82)72-62(49)92/h6-11,13-19,23-24,34-35,42,44,46-54,56-57,65,71,78-81,83-87H,12,20-22,70H2,1-5H3,(H2,69,82)(H,72,92)(H,73,89)(H,74,91)(H,75,93)(H,76,88)(H,77,90)(H,94,95)/t24-,34+,35-,42+,44-,46?,47+,48-,49+,50?,51+,52+,53+,54-,56+,57+,65-,66-/m0/s1. The molecule has 0 saturated carbocycles. The van der Waals surface area contributed by atoms with Crippen LogP contribution in [0.15, 0.2) is 78.9 Å². The molecule has 542 valence electrons. The third-order valence-corrected chi connectivity index (χ3v) is 18.4. The molecule has 7 heterocycles. The van der Waals surface area contributed by atoms with E-state index in [2.05, 4.69) is 37.2 Å². The highest BCUT2D eigenvalue weighted by Crippen LogP contribution is 2.50. The van der Waals surface area contributed by atoms with Crippen molar-refractivity contribution in [3.8, 4) is 57.1 Å². The summed E-state index contributed by atoms with van der Waals surface area (Å²) >= 11 is 14.1. The molecule has 7 aliphatic rings. The molecular weight excluding hydrogens is 1370 g/mol. The highest BCUT2D eigenvalue weighted by atomic mass is 35.5. The predicted molar refractivity (Wildman–Crippen MR) is 349 cm³/mol. The van der Waals surface area contributed by atoms with Gasteiger partial charge in [-0.3, -0.25) is 33.6 Å². The van der Waals surface area contributed by atoms with Crippen molar-refractivity contribution in [2.24, 2.45) is 17.4 Å². The van der Waals surface area contributed by atoms with Gasteiger partial charge in [-0.15, -0.1) is 0 Å². The maximum absolute atomic E-state index is 16.0. The third-order valence-electron chi connectivity index (χ3n) is 17.8. The average Bonchev–Trinajstić information content (AvgIpc) is 0.775. The van der Waals surface area contributed by atoms with E-state index in [1.165, 1.54) is 33.0 Å². The van der Waals surface area contributed by atoms with Gasteiger partial charge >= 0.3 is 5.97 Å². The van der Waals surface area contributed by atoms with Crippen molar-refractivity contribution in [3.63, 3.8) is 0 Å². The number of ether oxygens (including phenoxy) is 6. The number of aliphatic hydroxyl groups is 6. The van der Waals surface area contributed by atoms with Crippen LogP contribution in [-0.4, -0.2) is 191 Å². The molecule has 12 rings (SSSR count). The van der Waals surface area contributed by atoms with E-state index in [0.29, 0.717) is 0 Å². The molecule has 18 atom stereocenters. The van der Waals surface area contributed by atoms with Crippen LogP contribution in [0.2, 0.25) is 10.0 Å². The van der Waals surface area contributed by atoms with Crippen molar-refractivity contribution < 1.29 is 118 Å². The van der Waals surface area contributed by atoms with Gasteiger partial charge in [-0.05, 0) is 110 Å². The fraction of sp³-hybridized carbons (Fsp3) is 0.424. The molecule has 101 heavy (non-hydrogen) atoms. The number of aromatic hydroxyl groups is 3. The molecule has 35 heteroatoms. The first-order valence-corrected chi connectivity index (χ1v) is 32.4. The molecule has 21 N–H and O–H groups in total. The number of carbonyl (C=O) groups excluding carboxylic acids is 7. The molecule has 7 amide bonds. The van der Waals surface area contributed by atoms with Gasteiger partial charge in [0.2, 0.25) is 53.4 Å². The number of fused-ring (bicyclic) bond motifs is 15. The number of phenolic OH excluding ortho intramolecular Hbond substituents is 3. The van der Waals surface area contributed by atoms with Crippen molar-refractivity contribution in [2.75, 3.05) is 13.7 Å². The van der Waals surface area contributed by atoms with Crippen molar-refractivity contribution in [2.45, 2.75) is 156 Å². The quantitative estimate of drug-likeness (QED) is 0.0743. The fourth-order valence-corrected chi connectivity index (χ4v) is 12.9. The number of benzene rings is 5. The van der Waals surface area contributed by atoms with Gasteiger partial charge in [0.25, 0.3) is 0 Å². The zero-order valence-electron chi connectivity index (χ0n) is 54.3. The van der Waals surface area contributed by atoms with Crippen LogP contribution in [0.25, 0.3) is 11.1 Å². The number of hydrogen-bond acceptors (Lipinski definition) is 25. The van der Waals surface area contributed by atoms with Gasteiger partial charge in [0.15, 0.2) is 29.9 Å². The Bertz CT molecular complexity index is 4070. The summed E-state index contributed by atoms with van der Waals surface area (Å²) in [6, 6.07) is -0.679. The molecule has 0 spiro atoms. The molecule has 5 aromatic carbocycles. The lowest BCUT2D eigenvalue weighted by atomic mass is 9.86. The van der Waals surface area contributed by atoms with E-state index < -0.39 is 237 Å². The van der Waals surface area contributed by atoms with Crippen LogP contribution < -0.4 is 62.9 Å². The largest absolute Gasteiger partial charge is 0.508 e. The Morgan fingerprint density at radius 3 is 1.90 bits per heavy atom. The molecule has 2 fully saturated rings. The molecule has 0 aromatic heterocycles. The number of aliphatic carboxylic acids is 1. The third kappa shape index (κ3) is 15.8. The van der Waals surface area contributed by atoms with Crippen LogP contribution in [-0.2, 0) is 52.6 Å². The van der Waals surface area contributed by atoms with E-state index in [9.17, 15) is 75.0 Å². The molecule has 2 saturated heterocycles. The first-order valence-electron chi connectivity index (χ1n) is 31.6. The monoisotopic (exact) mass is 1450 g/mol. The Morgan fingerprint density at radius 2 is 1.32 bits per heavy atom. The molecular formula is C66H75Cl2N9O24. The summed E-state index contributed by atoms with van der Waals surface area (Å²) in [7, 11) is 1.47. The average molecular weight is 1450 g/mol. The number of carboxylic acid groups (broad SMARTS) is 1. The second kappa shape index (κ2) is 30.2. The number of primary amides is 1. The molecule has 0 radical (unpaired) electrons. The lowest BCUT2D eigenvalue weighted by Gasteiger charge is -2.47. The summed E-state index contributed by atoms with van der Waals surface area (Å²) in [6.45, 7) is 5.66. The van der Waals surface area contributed by atoms with Crippen LogP contribution in [0.4, 0.5) is 0 Å². The zero-order chi connectivity index (χ0) is 73.5. The van der Waals surface area contributed by atoms with Gasteiger partial charge in [-0.1, -0.05) is 55.2 Å². The van der Waals surface area contributed by atoms with Crippen LogP contribution in [0.3, 0.4) is 0 Å². The summed E-state index contributed by atoms with van der Waals surface area (Å²) in [5.41, 5.74) is 8.00. The molecule has 33 nitrogen and oxygen atoms in total. The van der Waals surface area contributed by atoms with Crippen LogP contribution >= 0.6 is 23.2 Å². The number of carboxylic acids is 1. The fourth-order valence-electron chi connectivity index (χ4n) is 12.5. The van der Waals surface area contributed by atoms with E-state index in [-0.39, 0.29) is 46.2 Å². The van der Waals surface area contributed by atoms with E-state index in [4.69, 9.17) is 63.1 Å². The first-order chi connectivity index (χ1) is 47.7. The Kier molecular flexibility index (Phi) is 22.2. The second-order valence-corrected chi connectivity index (χ2v) is 26.5. The van der Waals surface area contributed by atoms with Gasteiger partial charge in [-0.2, -0.15) is 0 Å². The van der Waals surface area contributed by atoms with Crippen LogP contribution in [0.5, 0.6) is 46.0 Å². The van der Waals surface area contributed by atoms with Crippen LogP contribution in [0, 0.1) is 5.92 Å². The summed E-state index contributed by atoms with van der Waals surface area (Å²) in [5, 5.41) is 131. The number of hydrogen-bond donors (Lipinski definition) is 19. The Labute approximate surface area is 584 Å². The van der Waals surface area contributed by atoms with Gasteiger partial charge < -0.3 is 128 Å². The SMILES string of the molecule is CN[C@H](CC(C)C)C(=O)N[C@H]1C(=O)N[C@@H](CC(N)=O)C(=O)N[C@H]2C(=O)NC3C(=O)NC(C(=O)N[C@H](C(=O)O)c4cc(O)cc(O)c4-c4cc3ccc4O)[C@H](O)c3ccc(c(Cl)c3)Oc3cc2cc(c3O[C@@H]2O[C@H](CO)[C@@H](O)[C@H](O)[C@H]2O[C@H]2C[C@](C)(N)[C@H](O)[C@H](C)O2)Oc2ccc(cc2Cl)[C@H]1O. The summed E-state index contributed by atoms with van der Waals surface area (Å²) in [6.07, 6.45) is -18.6. The summed E-state index contributed by atoms with van der Waals surface area (Å²) < 4.78 is 38.3. The maximum atomic E-state index is 16.0. The minimum Gasteiger partial charge on any atom is -0.508 e. The van der Waals surface area contributed by atoms with Crippen LogP contribution in [0.1, 0.15) is 105 Å². The van der Waals surface area contributed by atoms with Crippen molar-refractivity contribution >= 4 is 70.5 Å². The number of carbonyl (C=O) groups is 8. The number of nitrogens with two attached hydrogens (primary N) is 2. The molecule has 2 unspecified atom stereocenters. The second-order valence-electron chi connectivity index (χ2n) is 25.7. The predicted octanol–water partition coefficient (Wildman–Crippen LogP) is 0.106. The Balaban J connectivity index is 1.24. The van der Waals surface area contributed by atoms with Gasteiger partial charge in [0, 0.05) is 34.7 Å². The van der Waals surface area contributed by atoms with E-state index in [1.54, 1.807) is 0 Å². The zero-order valence-corrected chi connectivity index (χ0v) is 55.8. The number of likely N-dealkylation sites (N-methyl/N-ethyl adjacent to an activating group) is 1. The van der Waals surface area contributed by atoms with E-state index in [1.807, 2.05) is 13.8 Å².